The van der Waals surface area contributed by atoms with Gasteiger partial charge in [0.05, 0.1) is 11.3 Å². The zero-order chi connectivity index (χ0) is 12.2. The molecule has 8 heteroatoms. The Morgan fingerprint density at radius 2 is 2.31 bits per heavy atom. The third-order valence-electron chi connectivity index (χ3n) is 2.34. The minimum atomic E-state index is -3.41. The van der Waals surface area contributed by atoms with Gasteiger partial charge in [0.1, 0.15) is 12.2 Å². The van der Waals surface area contributed by atoms with E-state index in [9.17, 15) is 8.42 Å². The summed E-state index contributed by atoms with van der Waals surface area (Å²) >= 11 is 0. The molecule has 0 aromatic carbocycles. The molecule has 1 aromatic heterocycles. The van der Waals surface area contributed by atoms with Crippen LogP contribution in [0, 0.1) is 0 Å². The molecule has 16 heavy (non-hydrogen) atoms. The fraction of sp³-hybridized carbons (Fsp3) is 0.750. The minimum Gasteiger partial charge on any atom is -0.329 e. The Morgan fingerprint density at radius 3 is 2.75 bits per heavy atom. The Labute approximate surface area is 94.9 Å². The highest BCUT2D eigenvalue weighted by atomic mass is 32.2. The monoisotopic (exact) mass is 247 g/mol. The summed E-state index contributed by atoms with van der Waals surface area (Å²) in [5.74, 6) is 0.482. The van der Waals surface area contributed by atoms with E-state index in [0.29, 0.717) is 12.2 Å². The van der Waals surface area contributed by atoms with E-state index in [1.165, 1.54) is 6.33 Å². The van der Waals surface area contributed by atoms with Crippen LogP contribution in [0.5, 0.6) is 0 Å². The summed E-state index contributed by atoms with van der Waals surface area (Å²) in [6, 6.07) is -0.437. The lowest BCUT2D eigenvalue weighted by atomic mass is 10.3. The van der Waals surface area contributed by atoms with Crippen LogP contribution >= 0.6 is 0 Å². The number of hydrogen-bond acceptors (Lipinski definition) is 5. The van der Waals surface area contributed by atoms with Crippen LogP contribution < -0.4 is 10.5 Å². The van der Waals surface area contributed by atoms with E-state index in [2.05, 4.69) is 19.9 Å². The average molecular weight is 247 g/mol. The minimum absolute atomic E-state index is 0.106. The number of sulfonamides is 1. The van der Waals surface area contributed by atoms with Crippen molar-refractivity contribution in [3.05, 3.63) is 12.2 Å². The van der Waals surface area contributed by atoms with Crippen molar-refractivity contribution >= 4 is 10.0 Å². The Bertz CT molecular complexity index is 398. The molecule has 1 rings (SSSR count). The van der Waals surface area contributed by atoms with Crippen LogP contribution in [-0.2, 0) is 10.0 Å². The zero-order valence-electron chi connectivity index (χ0n) is 9.34. The van der Waals surface area contributed by atoms with Crippen LogP contribution in [-0.4, -0.2) is 35.4 Å². The maximum atomic E-state index is 11.8. The van der Waals surface area contributed by atoms with Gasteiger partial charge in [0.15, 0.2) is 0 Å². The molecule has 0 radical (unpaired) electrons. The molecule has 0 spiro atoms. The van der Waals surface area contributed by atoms with Gasteiger partial charge in [0, 0.05) is 6.54 Å². The molecule has 0 aliphatic heterocycles. The Balaban J connectivity index is 2.73. The first-order valence-electron chi connectivity index (χ1n) is 5.07. The third kappa shape index (κ3) is 3.00. The van der Waals surface area contributed by atoms with E-state index >= 15 is 0 Å². The van der Waals surface area contributed by atoms with Crippen molar-refractivity contribution in [2.45, 2.75) is 31.6 Å². The fourth-order valence-electron chi connectivity index (χ4n) is 1.33. The van der Waals surface area contributed by atoms with Gasteiger partial charge >= 0.3 is 0 Å². The van der Waals surface area contributed by atoms with Gasteiger partial charge in [0.25, 0.3) is 0 Å². The number of rotatable bonds is 6. The van der Waals surface area contributed by atoms with Crippen molar-refractivity contribution in [1.29, 1.82) is 0 Å². The molecule has 0 fully saturated rings. The summed E-state index contributed by atoms with van der Waals surface area (Å²) < 4.78 is 26.2. The van der Waals surface area contributed by atoms with E-state index in [4.69, 9.17) is 5.73 Å². The average Bonchev–Trinajstić information content (AvgIpc) is 2.70. The number of nitrogens with zero attached hydrogens (tertiary/aromatic N) is 2. The fourth-order valence-corrected chi connectivity index (χ4v) is 2.82. The van der Waals surface area contributed by atoms with Crippen LogP contribution in [0.2, 0.25) is 0 Å². The Hall–Kier alpha value is -0.990. The van der Waals surface area contributed by atoms with Crippen molar-refractivity contribution in [1.82, 2.24) is 19.9 Å². The molecule has 0 saturated carbocycles. The van der Waals surface area contributed by atoms with Gasteiger partial charge in [-0.2, -0.15) is 5.10 Å². The van der Waals surface area contributed by atoms with E-state index in [1.54, 1.807) is 13.8 Å². The van der Waals surface area contributed by atoms with Crippen LogP contribution in [0.4, 0.5) is 0 Å². The van der Waals surface area contributed by atoms with Crippen LogP contribution in [0.15, 0.2) is 6.33 Å². The number of nitrogens with two attached hydrogens (primary N) is 1. The quantitative estimate of drug-likeness (QED) is 0.628. The summed E-state index contributed by atoms with van der Waals surface area (Å²) in [7, 11) is -3.41. The highest BCUT2D eigenvalue weighted by Crippen LogP contribution is 2.10. The Morgan fingerprint density at radius 1 is 1.62 bits per heavy atom. The predicted molar refractivity (Wildman–Crippen MR) is 60.0 cm³/mol. The van der Waals surface area contributed by atoms with Crippen LogP contribution in [0.3, 0.4) is 0 Å². The molecule has 7 nitrogen and oxygen atoms in total. The standard InChI is InChI=1S/C8H17N5O2S/c1-3-7(4-9)16(14,15)13-6(2)8-10-5-11-12-8/h5-7,13H,3-4,9H2,1-2H3,(H,10,11,12). The maximum absolute atomic E-state index is 11.8. The zero-order valence-corrected chi connectivity index (χ0v) is 10.2. The summed E-state index contributed by atoms with van der Waals surface area (Å²) in [4.78, 5) is 3.89. The van der Waals surface area contributed by atoms with E-state index < -0.39 is 21.3 Å². The second-order valence-corrected chi connectivity index (χ2v) is 5.51. The van der Waals surface area contributed by atoms with Gasteiger partial charge in [-0.1, -0.05) is 6.92 Å². The molecule has 0 aliphatic rings. The molecule has 0 saturated heterocycles. The van der Waals surface area contributed by atoms with Gasteiger partial charge in [-0.3, -0.25) is 5.10 Å². The molecule has 1 aromatic rings. The van der Waals surface area contributed by atoms with Gasteiger partial charge in [-0.25, -0.2) is 18.1 Å². The SMILES string of the molecule is CCC(CN)S(=O)(=O)NC(C)c1ncn[nH]1. The first-order valence-corrected chi connectivity index (χ1v) is 6.62. The predicted octanol–water partition coefficient (Wildman–Crippen LogP) is -0.478. The molecule has 4 N–H and O–H groups in total. The van der Waals surface area contributed by atoms with Crippen molar-refractivity contribution in [3.8, 4) is 0 Å². The van der Waals surface area contributed by atoms with Crippen molar-refractivity contribution in [3.63, 3.8) is 0 Å². The first-order chi connectivity index (χ1) is 7.51. The second-order valence-electron chi connectivity index (χ2n) is 3.52. The normalized spacial score (nSPS) is 15.9. The molecular weight excluding hydrogens is 230 g/mol. The summed E-state index contributed by atoms with van der Waals surface area (Å²) in [6.07, 6.45) is 1.81. The van der Waals surface area contributed by atoms with Gasteiger partial charge < -0.3 is 5.73 Å². The maximum Gasteiger partial charge on any atom is 0.216 e. The molecule has 1 heterocycles. The topological polar surface area (TPSA) is 114 Å². The van der Waals surface area contributed by atoms with Crippen LogP contribution in [0.25, 0.3) is 0 Å². The smallest absolute Gasteiger partial charge is 0.216 e. The highest BCUT2D eigenvalue weighted by molar-refractivity contribution is 7.90. The second kappa shape index (κ2) is 5.37. The Kier molecular flexibility index (Phi) is 4.39. The largest absolute Gasteiger partial charge is 0.329 e. The molecule has 92 valence electrons. The van der Waals surface area contributed by atoms with Gasteiger partial charge in [-0.05, 0) is 13.3 Å². The molecule has 2 atom stereocenters. The van der Waals surface area contributed by atoms with E-state index in [0.717, 1.165) is 0 Å². The molecule has 2 unspecified atom stereocenters. The number of H-pyrrole nitrogens is 1. The lowest BCUT2D eigenvalue weighted by molar-refractivity contribution is 0.542. The number of aromatic nitrogens is 3. The van der Waals surface area contributed by atoms with Gasteiger partial charge in [-0.15, -0.1) is 0 Å². The van der Waals surface area contributed by atoms with E-state index in [-0.39, 0.29) is 6.54 Å². The molecule has 0 amide bonds. The summed E-state index contributed by atoms with van der Waals surface area (Å²) in [5.41, 5.74) is 5.41. The van der Waals surface area contributed by atoms with E-state index in [1.807, 2.05) is 0 Å². The van der Waals surface area contributed by atoms with Crippen molar-refractivity contribution < 1.29 is 8.42 Å². The number of hydrogen-bond donors (Lipinski definition) is 3. The highest BCUT2D eigenvalue weighted by Gasteiger charge is 2.25. The summed E-state index contributed by atoms with van der Waals surface area (Å²) in [5, 5.41) is 5.71. The molecule has 0 bridgehead atoms. The molecular formula is C8H17N5O2S. The van der Waals surface area contributed by atoms with Crippen molar-refractivity contribution in [2.24, 2.45) is 5.73 Å². The number of nitrogens with one attached hydrogen (secondary N) is 2. The van der Waals surface area contributed by atoms with Crippen molar-refractivity contribution in [2.75, 3.05) is 6.54 Å². The lowest BCUT2D eigenvalue weighted by Gasteiger charge is -2.17. The third-order valence-corrected chi connectivity index (χ3v) is 4.43. The lowest BCUT2D eigenvalue weighted by Crippen LogP contribution is -2.40. The summed E-state index contributed by atoms with van der Waals surface area (Å²) in [6.45, 7) is 3.59. The number of aromatic amines is 1. The van der Waals surface area contributed by atoms with Gasteiger partial charge in [0.2, 0.25) is 10.0 Å². The first kappa shape index (κ1) is 13.1. The van der Waals surface area contributed by atoms with Crippen LogP contribution in [0.1, 0.15) is 32.1 Å². The molecule has 0 aliphatic carbocycles.